The van der Waals surface area contributed by atoms with E-state index in [4.69, 9.17) is 9.47 Å². The quantitative estimate of drug-likeness (QED) is 0.187. The lowest BCUT2D eigenvalue weighted by Crippen LogP contribution is -2.37. The van der Waals surface area contributed by atoms with Crippen LogP contribution in [0.1, 0.15) is 22.3 Å². The van der Waals surface area contributed by atoms with Crippen LogP contribution in [0.2, 0.25) is 0 Å². The molecule has 0 saturated heterocycles. The molecule has 1 spiro atoms. The molecule has 0 fully saturated rings. The van der Waals surface area contributed by atoms with Gasteiger partial charge in [0.05, 0.1) is 16.4 Å². The van der Waals surface area contributed by atoms with E-state index in [1.165, 1.54) is 21.8 Å². The first-order chi connectivity index (χ1) is 25.8. The van der Waals surface area contributed by atoms with Crippen LogP contribution in [0.25, 0.3) is 49.7 Å². The number of fused-ring (bicyclic) bond motifs is 11. The maximum absolute atomic E-state index is 6.92. The summed E-state index contributed by atoms with van der Waals surface area (Å²) in [6.07, 6.45) is 0. The SMILES string of the molecule is c1ccc(-c2cccc3c2C2(c4ccccc4Oc4cc(-c5ccc6c(c5)c5ccccc5n6-c5ccccc5)ccc42)c2ccccc2O3)cc1. The number of aromatic nitrogens is 1. The average Bonchev–Trinajstić information content (AvgIpc) is 3.55. The fourth-order valence-corrected chi connectivity index (χ4v) is 8.77. The molecule has 1 unspecified atom stereocenters. The first-order valence-electron chi connectivity index (χ1n) is 17.8. The van der Waals surface area contributed by atoms with Gasteiger partial charge in [-0.15, -0.1) is 0 Å². The Morgan fingerprint density at radius 2 is 0.942 bits per heavy atom. The van der Waals surface area contributed by atoms with Crippen LogP contribution in [0.5, 0.6) is 23.0 Å². The number of nitrogens with zero attached hydrogens (tertiary/aromatic N) is 1. The van der Waals surface area contributed by atoms with Crippen LogP contribution in [0.3, 0.4) is 0 Å². The standard InChI is InChI=1S/C49H31NO2/c1-3-14-32(15-4-1)36-19-13-25-46-48(36)49(39-20-8-11-23-44(39)51-46)40-21-9-12-24-45(40)52-47-31-34(26-28-41(47)49)33-27-29-43-38(30-33)37-18-7-10-22-42(37)50(43)35-16-5-2-6-17-35/h1-31H. The summed E-state index contributed by atoms with van der Waals surface area (Å²) in [4.78, 5) is 0. The first-order valence-corrected chi connectivity index (χ1v) is 17.8. The fourth-order valence-electron chi connectivity index (χ4n) is 8.77. The Bertz CT molecular complexity index is 2840. The van der Waals surface area contributed by atoms with Crippen LogP contribution in [0, 0.1) is 0 Å². The predicted octanol–water partition coefficient (Wildman–Crippen LogP) is 12.7. The Morgan fingerprint density at radius 3 is 1.73 bits per heavy atom. The van der Waals surface area contributed by atoms with Gasteiger partial charge in [-0.25, -0.2) is 0 Å². The van der Waals surface area contributed by atoms with E-state index in [1.807, 2.05) is 0 Å². The third-order valence-corrected chi connectivity index (χ3v) is 10.9. The molecule has 2 aliphatic rings. The second kappa shape index (κ2) is 11.1. The summed E-state index contributed by atoms with van der Waals surface area (Å²) >= 11 is 0. The van der Waals surface area contributed by atoms with Crippen molar-refractivity contribution in [3.8, 4) is 50.9 Å². The Kier molecular flexibility index (Phi) is 6.17. The molecular formula is C49H31NO2. The Balaban J connectivity index is 1.17. The van der Waals surface area contributed by atoms with Gasteiger partial charge in [0.15, 0.2) is 0 Å². The molecule has 1 atom stereocenters. The zero-order chi connectivity index (χ0) is 34.2. The molecular weight excluding hydrogens is 635 g/mol. The van der Waals surface area contributed by atoms with Crippen LogP contribution < -0.4 is 9.47 Å². The predicted molar refractivity (Wildman–Crippen MR) is 210 cm³/mol. The molecule has 2 aliphatic heterocycles. The zero-order valence-corrected chi connectivity index (χ0v) is 28.2. The molecule has 8 aromatic carbocycles. The van der Waals surface area contributed by atoms with E-state index in [-0.39, 0.29) is 0 Å². The van der Waals surface area contributed by atoms with Gasteiger partial charge in [0.1, 0.15) is 23.0 Å². The summed E-state index contributed by atoms with van der Waals surface area (Å²) in [6, 6.07) is 66.9. The molecule has 0 bridgehead atoms. The van der Waals surface area contributed by atoms with Gasteiger partial charge in [0.25, 0.3) is 0 Å². The Labute approximate surface area is 301 Å². The van der Waals surface area contributed by atoms with Crippen molar-refractivity contribution in [3.05, 3.63) is 210 Å². The van der Waals surface area contributed by atoms with Crippen molar-refractivity contribution < 1.29 is 9.47 Å². The van der Waals surface area contributed by atoms with E-state index >= 15 is 0 Å². The van der Waals surface area contributed by atoms with E-state index in [1.54, 1.807) is 0 Å². The topological polar surface area (TPSA) is 23.4 Å². The molecule has 0 saturated carbocycles. The van der Waals surface area contributed by atoms with Crippen molar-refractivity contribution in [2.75, 3.05) is 0 Å². The number of hydrogen-bond donors (Lipinski definition) is 0. The van der Waals surface area contributed by atoms with E-state index in [0.717, 1.165) is 73.2 Å². The highest BCUT2D eigenvalue weighted by atomic mass is 16.5. The fraction of sp³-hybridized carbons (Fsp3) is 0.0204. The maximum Gasteiger partial charge on any atom is 0.132 e. The molecule has 0 aliphatic carbocycles. The van der Waals surface area contributed by atoms with E-state index in [2.05, 4.69) is 193 Å². The number of para-hydroxylation sites is 4. The van der Waals surface area contributed by atoms with E-state index in [0.29, 0.717) is 0 Å². The second-order valence-electron chi connectivity index (χ2n) is 13.6. The number of hydrogen-bond acceptors (Lipinski definition) is 2. The van der Waals surface area contributed by atoms with Crippen LogP contribution in [0.4, 0.5) is 0 Å². The maximum atomic E-state index is 6.92. The Morgan fingerprint density at radius 1 is 0.365 bits per heavy atom. The molecule has 0 amide bonds. The van der Waals surface area contributed by atoms with Gasteiger partial charge in [-0.2, -0.15) is 0 Å². The summed E-state index contributed by atoms with van der Waals surface area (Å²) in [5.74, 6) is 3.40. The van der Waals surface area contributed by atoms with Crippen LogP contribution in [-0.2, 0) is 5.41 Å². The summed E-state index contributed by atoms with van der Waals surface area (Å²) < 4.78 is 16.0. The summed E-state index contributed by atoms with van der Waals surface area (Å²) in [5, 5.41) is 2.45. The van der Waals surface area contributed by atoms with Crippen LogP contribution in [0.15, 0.2) is 188 Å². The third-order valence-electron chi connectivity index (χ3n) is 10.9. The lowest BCUT2D eigenvalue weighted by Gasteiger charge is -2.45. The van der Waals surface area contributed by atoms with Crippen molar-refractivity contribution in [2.45, 2.75) is 5.41 Å². The minimum absolute atomic E-state index is 0.688. The minimum atomic E-state index is -0.688. The highest BCUT2D eigenvalue weighted by Gasteiger charge is 2.51. The van der Waals surface area contributed by atoms with E-state index in [9.17, 15) is 0 Å². The first kappa shape index (κ1) is 28.9. The number of rotatable bonds is 3. The van der Waals surface area contributed by atoms with Crippen molar-refractivity contribution in [2.24, 2.45) is 0 Å². The van der Waals surface area contributed by atoms with Gasteiger partial charge in [-0.3, -0.25) is 0 Å². The molecule has 3 heterocycles. The van der Waals surface area contributed by atoms with Gasteiger partial charge < -0.3 is 14.0 Å². The smallest absolute Gasteiger partial charge is 0.132 e. The molecule has 0 radical (unpaired) electrons. The molecule has 1 aromatic heterocycles. The second-order valence-corrected chi connectivity index (χ2v) is 13.6. The van der Waals surface area contributed by atoms with Crippen molar-refractivity contribution in [1.29, 1.82) is 0 Å². The van der Waals surface area contributed by atoms with Gasteiger partial charge in [-0.1, -0.05) is 133 Å². The molecule has 3 nitrogen and oxygen atoms in total. The normalized spacial score (nSPS) is 15.3. The highest BCUT2D eigenvalue weighted by molar-refractivity contribution is 6.10. The van der Waals surface area contributed by atoms with Crippen LogP contribution >= 0.6 is 0 Å². The van der Waals surface area contributed by atoms with Gasteiger partial charge >= 0.3 is 0 Å². The minimum Gasteiger partial charge on any atom is -0.457 e. The number of ether oxygens (including phenoxy) is 2. The lowest BCUT2D eigenvalue weighted by atomic mass is 9.61. The van der Waals surface area contributed by atoms with Crippen LogP contribution in [-0.4, -0.2) is 4.57 Å². The van der Waals surface area contributed by atoms with Gasteiger partial charge in [0, 0.05) is 38.7 Å². The summed E-state index contributed by atoms with van der Waals surface area (Å²) in [5.41, 5.74) is 11.8. The molecule has 11 rings (SSSR count). The van der Waals surface area contributed by atoms with Gasteiger partial charge in [0.2, 0.25) is 0 Å². The van der Waals surface area contributed by atoms with Gasteiger partial charge in [-0.05, 0) is 76.9 Å². The number of benzene rings is 8. The summed E-state index contributed by atoms with van der Waals surface area (Å²) in [6.45, 7) is 0. The third kappa shape index (κ3) is 4.02. The largest absolute Gasteiger partial charge is 0.457 e. The molecule has 0 N–H and O–H groups in total. The lowest BCUT2D eigenvalue weighted by molar-refractivity contribution is 0.400. The molecule has 244 valence electrons. The van der Waals surface area contributed by atoms with Crippen molar-refractivity contribution in [1.82, 2.24) is 4.57 Å². The van der Waals surface area contributed by atoms with E-state index < -0.39 is 5.41 Å². The molecule has 3 heteroatoms. The molecule has 9 aromatic rings. The molecule has 52 heavy (non-hydrogen) atoms. The Hall–Kier alpha value is -6.84. The van der Waals surface area contributed by atoms with Crippen molar-refractivity contribution >= 4 is 21.8 Å². The average molecular weight is 666 g/mol. The zero-order valence-electron chi connectivity index (χ0n) is 28.2. The highest BCUT2D eigenvalue weighted by Crippen LogP contribution is 2.63. The monoisotopic (exact) mass is 665 g/mol. The summed E-state index contributed by atoms with van der Waals surface area (Å²) in [7, 11) is 0. The van der Waals surface area contributed by atoms with Crippen molar-refractivity contribution in [3.63, 3.8) is 0 Å².